The molecule has 0 heterocycles. The highest BCUT2D eigenvalue weighted by Crippen LogP contribution is 2.27. The third-order valence-electron chi connectivity index (χ3n) is 1.52. The quantitative estimate of drug-likeness (QED) is 0.646. The number of phenols is 1. The smallest absolute Gasteiger partial charge is 0.404 e. The van der Waals surface area contributed by atoms with Crippen LogP contribution in [-0.4, -0.2) is 16.3 Å². The summed E-state index contributed by atoms with van der Waals surface area (Å²) in [5, 5.41) is 20.1. The lowest BCUT2D eigenvalue weighted by molar-refractivity contribution is 0.194. The Kier molecular flexibility index (Phi) is 4.23. The molecule has 0 spiro atoms. The molecule has 1 rings (SSSR count). The van der Waals surface area contributed by atoms with E-state index in [4.69, 9.17) is 5.11 Å². The van der Waals surface area contributed by atoms with Crippen molar-refractivity contribution in [3.8, 4) is 5.75 Å². The number of hydrogen-bond donors (Lipinski definition) is 3. The molecule has 0 aromatic heterocycles. The largest absolute Gasteiger partial charge is 0.506 e. The van der Waals surface area contributed by atoms with Crippen LogP contribution in [0.3, 0.4) is 0 Å². The van der Waals surface area contributed by atoms with Crippen LogP contribution in [0.15, 0.2) is 12.1 Å². The summed E-state index contributed by atoms with van der Waals surface area (Å²) in [5.74, 6) is 0.241. The molecule has 1 amide bonds. The van der Waals surface area contributed by atoms with Gasteiger partial charge in [0.05, 0.1) is 7.14 Å². The highest BCUT2D eigenvalue weighted by atomic mass is 127. The fourth-order valence-corrected chi connectivity index (χ4v) is 2.79. The van der Waals surface area contributed by atoms with Crippen molar-refractivity contribution in [3.63, 3.8) is 0 Å². The molecule has 1 aromatic carbocycles. The summed E-state index contributed by atoms with van der Waals surface area (Å²) < 4.78 is 1.44. The molecule has 0 fully saturated rings. The highest BCUT2D eigenvalue weighted by molar-refractivity contribution is 14.1. The van der Waals surface area contributed by atoms with Crippen molar-refractivity contribution in [2.24, 2.45) is 0 Å². The maximum atomic E-state index is 10.2. The molecule has 0 atom stereocenters. The lowest BCUT2D eigenvalue weighted by atomic mass is 10.2. The first kappa shape index (κ1) is 11.8. The zero-order chi connectivity index (χ0) is 10.7. The topological polar surface area (TPSA) is 69.6 Å². The van der Waals surface area contributed by atoms with Gasteiger partial charge >= 0.3 is 6.09 Å². The predicted molar refractivity (Wildman–Crippen MR) is 68.4 cm³/mol. The third-order valence-corrected chi connectivity index (χ3v) is 3.17. The molecule has 0 bridgehead atoms. The van der Waals surface area contributed by atoms with Crippen molar-refractivity contribution < 1.29 is 15.0 Å². The summed E-state index contributed by atoms with van der Waals surface area (Å²) in [5.41, 5.74) is 0.832. The second-order valence-corrected chi connectivity index (χ2v) is 4.89. The molecule has 76 valence electrons. The number of amides is 1. The Balaban J connectivity index is 2.84. The zero-order valence-electron chi connectivity index (χ0n) is 6.92. The number of carbonyl (C=O) groups is 1. The van der Waals surface area contributed by atoms with Crippen molar-refractivity contribution in [2.75, 3.05) is 0 Å². The molecule has 0 saturated carbocycles. The van der Waals surface area contributed by atoms with Crippen molar-refractivity contribution in [2.45, 2.75) is 6.54 Å². The van der Waals surface area contributed by atoms with Gasteiger partial charge in [0.25, 0.3) is 0 Å². The Morgan fingerprint density at radius 3 is 2.29 bits per heavy atom. The van der Waals surface area contributed by atoms with Crippen LogP contribution in [0.2, 0.25) is 0 Å². The molecule has 0 aliphatic rings. The van der Waals surface area contributed by atoms with E-state index in [-0.39, 0.29) is 12.3 Å². The summed E-state index contributed by atoms with van der Waals surface area (Å²) in [7, 11) is 0. The Morgan fingerprint density at radius 2 is 1.86 bits per heavy atom. The van der Waals surface area contributed by atoms with Crippen LogP contribution < -0.4 is 5.32 Å². The van der Waals surface area contributed by atoms with Crippen molar-refractivity contribution in [1.29, 1.82) is 0 Å². The minimum Gasteiger partial charge on any atom is -0.506 e. The van der Waals surface area contributed by atoms with Crippen LogP contribution in [0.25, 0.3) is 0 Å². The highest BCUT2D eigenvalue weighted by Gasteiger charge is 2.06. The molecule has 0 aliphatic heterocycles. The van der Waals surface area contributed by atoms with Gasteiger partial charge in [-0.3, -0.25) is 0 Å². The number of hydrogen-bond acceptors (Lipinski definition) is 2. The van der Waals surface area contributed by atoms with Gasteiger partial charge in [0.1, 0.15) is 5.75 Å². The van der Waals surface area contributed by atoms with E-state index in [0.29, 0.717) is 0 Å². The minimum absolute atomic E-state index is 0.241. The van der Waals surface area contributed by atoms with E-state index in [1.807, 2.05) is 45.2 Å². The molecule has 6 heteroatoms. The second-order valence-electron chi connectivity index (χ2n) is 2.57. The van der Waals surface area contributed by atoms with E-state index < -0.39 is 6.09 Å². The standard InChI is InChI=1S/C8H7I2NO3/c9-5-1-4(3-11-8(13)14)2-6(10)7(5)12/h1-2,11-12H,3H2,(H,13,14). The molecule has 0 radical (unpaired) electrons. The number of carboxylic acid groups (broad SMARTS) is 1. The Hall–Kier alpha value is -0.250. The van der Waals surface area contributed by atoms with E-state index in [2.05, 4.69) is 5.32 Å². The van der Waals surface area contributed by atoms with Gasteiger partial charge in [0.15, 0.2) is 0 Å². The maximum Gasteiger partial charge on any atom is 0.404 e. The van der Waals surface area contributed by atoms with Crippen LogP contribution in [0.1, 0.15) is 5.56 Å². The second kappa shape index (κ2) is 5.01. The molecule has 1 aromatic rings. The summed E-state index contributed by atoms with van der Waals surface area (Å²) in [6.45, 7) is 0.252. The van der Waals surface area contributed by atoms with Gasteiger partial charge in [0.2, 0.25) is 0 Å². The maximum absolute atomic E-state index is 10.2. The van der Waals surface area contributed by atoms with Gasteiger partial charge in [-0.15, -0.1) is 0 Å². The zero-order valence-corrected chi connectivity index (χ0v) is 11.2. The fourth-order valence-electron chi connectivity index (χ4n) is 0.898. The van der Waals surface area contributed by atoms with E-state index >= 15 is 0 Å². The Bertz CT molecular complexity index is 345. The summed E-state index contributed by atoms with van der Waals surface area (Å²) >= 11 is 4.01. The minimum atomic E-state index is -1.05. The first-order chi connectivity index (χ1) is 6.50. The molecule has 4 nitrogen and oxygen atoms in total. The van der Waals surface area contributed by atoms with Crippen molar-refractivity contribution >= 4 is 51.3 Å². The van der Waals surface area contributed by atoms with Crippen LogP contribution >= 0.6 is 45.2 Å². The van der Waals surface area contributed by atoms with Crippen LogP contribution in [0, 0.1) is 7.14 Å². The van der Waals surface area contributed by atoms with Crippen LogP contribution in [-0.2, 0) is 6.54 Å². The van der Waals surface area contributed by atoms with Gasteiger partial charge in [-0.1, -0.05) is 0 Å². The van der Waals surface area contributed by atoms with Gasteiger partial charge < -0.3 is 15.5 Å². The Labute approximate surface area is 108 Å². The first-order valence-electron chi connectivity index (χ1n) is 3.64. The van der Waals surface area contributed by atoms with Crippen LogP contribution in [0.4, 0.5) is 4.79 Å². The van der Waals surface area contributed by atoms with Gasteiger partial charge in [-0.25, -0.2) is 4.79 Å². The van der Waals surface area contributed by atoms with Gasteiger partial charge in [0, 0.05) is 6.54 Å². The van der Waals surface area contributed by atoms with Gasteiger partial charge in [-0.05, 0) is 62.9 Å². The number of benzene rings is 1. The molecule has 0 saturated heterocycles. The lowest BCUT2D eigenvalue weighted by Crippen LogP contribution is -2.20. The summed E-state index contributed by atoms with van der Waals surface area (Å²) in [6, 6.07) is 3.49. The van der Waals surface area contributed by atoms with E-state index in [9.17, 15) is 9.90 Å². The number of phenolic OH excluding ortho intramolecular Hbond substituents is 1. The lowest BCUT2D eigenvalue weighted by Gasteiger charge is -2.05. The number of halogens is 2. The predicted octanol–water partition coefficient (Wildman–Crippen LogP) is 2.37. The summed E-state index contributed by atoms with van der Waals surface area (Å²) in [4.78, 5) is 10.2. The molecule has 3 N–H and O–H groups in total. The number of rotatable bonds is 2. The SMILES string of the molecule is O=C(O)NCc1cc(I)c(O)c(I)c1. The van der Waals surface area contributed by atoms with E-state index in [1.165, 1.54) is 0 Å². The van der Waals surface area contributed by atoms with E-state index in [0.717, 1.165) is 12.7 Å². The molecular weight excluding hydrogens is 412 g/mol. The van der Waals surface area contributed by atoms with Crippen molar-refractivity contribution in [1.82, 2.24) is 5.32 Å². The van der Waals surface area contributed by atoms with Crippen molar-refractivity contribution in [3.05, 3.63) is 24.8 Å². The van der Waals surface area contributed by atoms with Crippen LogP contribution in [0.5, 0.6) is 5.75 Å². The summed E-state index contributed by atoms with van der Waals surface area (Å²) in [6.07, 6.45) is -1.05. The normalized spacial score (nSPS) is 9.86. The third kappa shape index (κ3) is 3.15. The monoisotopic (exact) mass is 419 g/mol. The van der Waals surface area contributed by atoms with Gasteiger partial charge in [-0.2, -0.15) is 0 Å². The number of nitrogens with one attached hydrogen (secondary N) is 1. The first-order valence-corrected chi connectivity index (χ1v) is 5.80. The van der Waals surface area contributed by atoms with E-state index in [1.54, 1.807) is 12.1 Å². The number of aromatic hydroxyl groups is 1. The molecule has 0 aliphatic carbocycles. The molecule has 14 heavy (non-hydrogen) atoms. The average Bonchev–Trinajstić information content (AvgIpc) is 2.10. The molecular formula is C8H7I2NO3. The fraction of sp³-hybridized carbons (Fsp3) is 0.125. The molecule has 0 unspecified atom stereocenters. The Morgan fingerprint density at radius 1 is 1.36 bits per heavy atom. The average molecular weight is 419 g/mol.